The van der Waals surface area contributed by atoms with Gasteiger partial charge in [0.15, 0.2) is 0 Å². The largest absolute Gasteiger partial charge is 0.340 e. The average Bonchev–Trinajstić information content (AvgIpc) is 1.87. The monoisotopic (exact) mass is 217 g/mol. The van der Waals surface area contributed by atoms with Crippen LogP contribution in [0, 0.1) is 12.3 Å². The lowest BCUT2D eigenvalue weighted by atomic mass is 10.1. The zero-order valence-corrected chi connectivity index (χ0v) is 8.36. The summed E-state index contributed by atoms with van der Waals surface area (Å²) in [6.07, 6.45) is 5.64. The summed E-state index contributed by atoms with van der Waals surface area (Å²) in [5.41, 5.74) is -0.529. The molecule has 0 aromatic rings. The van der Waals surface area contributed by atoms with E-state index in [1.165, 1.54) is 0 Å². The SMILES string of the molecule is C#CC(C)(C)NC(=O)CCBr. The molecule has 0 aliphatic rings. The fourth-order valence-corrected chi connectivity index (χ4v) is 0.893. The van der Waals surface area contributed by atoms with Crippen LogP contribution >= 0.6 is 15.9 Å². The minimum Gasteiger partial charge on any atom is -0.340 e. The van der Waals surface area contributed by atoms with Gasteiger partial charge in [-0.25, -0.2) is 0 Å². The van der Waals surface area contributed by atoms with Crippen molar-refractivity contribution < 1.29 is 4.79 Å². The van der Waals surface area contributed by atoms with E-state index in [4.69, 9.17) is 6.42 Å². The number of hydrogen-bond donors (Lipinski definition) is 1. The Hall–Kier alpha value is -0.490. The van der Waals surface area contributed by atoms with Gasteiger partial charge < -0.3 is 5.32 Å². The van der Waals surface area contributed by atoms with Crippen molar-refractivity contribution in [2.75, 3.05) is 5.33 Å². The zero-order chi connectivity index (χ0) is 8.91. The second-order valence-electron chi connectivity index (χ2n) is 2.76. The maximum atomic E-state index is 11.0. The third-order valence-corrected chi connectivity index (χ3v) is 1.53. The van der Waals surface area contributed by atoms with Crippen LogP contribution in [0.25, 0.3) is 0 Å². The van der Waals surface area contributed by atoms with Crippen molar-refractivity contribution in [3.8, 4) is 12.3 Å². The predicted octanol–water partition coefficient (Wildman–Crippen LogP) is 1.30. The van der Waals surface area contributed by atoms with Crippen LogP contribution in [0.15, 0.2) is 0 Å². The van der Waals surface area contributed by atoms with Crippen molar-refractivity contribution in [2.24, 2.45) is 0 Å². The molecule has 0 fully saturated rings. The molecule has 0 saturated carbocycles. The molecule has 3 heteroatoms. The molecule has 0 bridgehead atoms. The summed E-state index contributed by atoms with van der Waals surface area (Å²) in [6, 6.07) is 0. The molecular formula is C8H12BrNO. The van der Waals surface area contributed by atoms with Crippen LogP contribution in [0.2, 0.25) is 0 Å². The van der Waals surface area contributed by atoms with Gasteiger partial charge in [0, 0.05) is 11.8 Å². The van der Waals surface area contributed by atoms with Gasteiger partial charge in [-0.3, -0.25) is 4.79 Å². The van der Waals surface area contributed by atoms with Gasteiger partial charge in [-0.15, -0.1) is 6.42 Å². The maximum absolute atomic E-state index is 11.0. The Morgan fingerprint density at radius 3 is 2.64 bits per heavy atom. The van der Waals surface area contributed by atoms with Crippen LogP contribution in [0.4, 0.5) is 0 Å². The predicted molar refractivity (Wildman–Crippen MR) is 49.5 cm³/mol. The maximum Gasteiger partial charge on any atom is 0.221 e. The molecular weight excluding hydrogens is 206 g/mol. The molecule has 2 nitrogen and oxygen atoms in total. The van der Waals surface area contributed by atoms with Gasteiger partial charge >= 0.3 is 0 Å². The van der Waals surface area contributed by atoms with E-state index in [9.17, 15) is 4.79 Å². The number of alkyl halides is 1. The summed E-state index contributed by atoms with van der Waals surface area (Å²) in [5, 5.41) is 3.37. The summed E-state index contributed by atoms with van der Waals surface area (Å²) < 4.78 is 0. The summed E-state index contributed by atoms with van der Waals surface area (Å²) >= 11 is 3.17. The van der Waals surface area contributed by atoms with Crippen LogP contribution in [0.1, 0.15) is 20.3 Å². The van der Waals surface area contributed by atoms with Crippen molar-refractivity contribution in [2.45, 2.75) is 25.8 Å². The molecule has 0 aliphatic carbocycles. The van der Waals surface area contributed by atoms with Crippen LogP contribution < -0.4 is 5.32 Å². The third kappa shape index (κ3) is 4.86. The minimum atomic E-state index is -0.529. The second-order valence-corrected chi connectivity index (χ2v) is 3.55. The molecule has 0 saturated heterocycles. The quantitative estimate of drug-likeness (QED) is 0.561. The Bertz CT molecular complexity index is 181. The Balaban J connectivity index is 3.86. The van der Waals surface area contributed by atoms with Crippen LogP contribution in [-0.4, -0.2) is 16.8 Å². The van der Waals surface area contributed by atoms with E-state index in [1.54, 1.807) is 13.8 Å². The molecule has 11 heavy (non-hydrogen) atoms. The third-order valence-electron chi connectivity index (χ3n) is 1.13. The van der Waals surface area contributed by atoms with Gasteiger partial charge in [-0.05, 0) is 13.8 Å². The highest BCUT2D eigenvalue weighted by Gasteiger charge is 2.15. The number of carbonyl (C=O) groups excluding carboxylic acids is 1. The topological polar surface area (TPSA) is 29.1 Å². The van der Waals surface area contributed by atoms with Gasteiger partial charge in [-0.2, -0.15) is 0 Å². The lowest BCUT2D eigenvalue weighted by molar-refractivity contribution is -0.121. The molecule has 1 N–H and O–H groups in total. The zero-order valence-electron chi connectivity index (χ0n) is 6.78. The first-order valence-corrected chi connectivity index (χ1v) is 4.49. The van der Waals surface area contributed by atoms with Crippen LogP contribution in [0.5, 0.6) is 0 Å². The Kier molecular flexibility index (Phi) is 4.20. The molecule has 0 radical (unpaired) electrons. The van der Waals surface area contributed by atoms with Crippen molar-refractivity contribution >= 4 is 21.8 Å². The highest BCUT2D eigenvalue weighted by Crippen LogP contribution is 1.99. The highest BCUT2D eigenvalue weighted by atomic mass is 79.9. The van der Waals surface area contributed by atoms with Crippen molar-refractivity contribution in [1.29, 1.82) is 0 Å². The lowest BCUT2D eigenvalue weighted by Crippen LogP contribution is -2.42. The molecule has 0 aliphatic heterocycles. The molecule has 0 unspecified atom stereocenters. The van der Waals surface area contributed by atoms with Crippen molar-refractivity contribution in [3.63, 3.8) is 0 Å². The minimum absolute atomic E-state index is 0.0233. The molecule has 0 rings (SSSR count). The molecule has 0 atom stereocenters. The molecule has 1 amide bonds. The first-order chi connectivity index (χ1) is 5.02. The van der Waals surface area contributed by atoms with Gasteiger partial charge in [0.25, 0.3) is 0 Å². The lowest BCUT2D eigenvalue weighted by Gasteiger charge is -2.18. The summed E-state index contributed by atoms with van der Waals surface area (Å²) in [7, 11) is 0. The Morgan fingerprint density at radius 2 is 2.27 bits per heavy atom. The number of terminal acetylenes is 1. The second kappa shape index (κ2) is 4.40. The first-order valence-electron chi connectivity index (χ1n) is 3.36. The number of halogens is 1. The average molecular weight is 218 g/mol. The molecule has 0 heterocycles. The molecule has 0 spiro atoms. The number of rotatable bonds is 3. The molecule has 0 aromatic carbocycles. The number of amides is 1. The van der Waals surface area contributed by atoms with Gasteiger partial charge in [0.05, 0.1) is 5.54 Å². The number of carbonyl (C=O) groups is 1. The highest BCUT2D eigenvalue weighted by molar-refractivity contribution is 9.09. The summed E-state index contributed by atoms with van der Waals surface area (Å²) in [5.74, 6) is 2.46. The van der Waals surface area contributed by atoms with E-state index in [0.717, 1.165) is 0 Å². The Labute approximate surface area is 75.9 Å². The molecule has 0 aromatic heterocycles. The first kappa shape index (κ1) is 10.5. The normalized spacial score (nSPS) is 10.4. The van der Waals surface area contributed by atoms with E-state index in [1.807, 2.05) is 0 Å². The molecule has 62 valence electrons. The van der Waals surface area contributed by atoms with Crippen molar-refractivity contribution in [1.82, 2.24) is 5.32 Å². The Morgan fingerprint density at radius 1 is 1.73 bits per heavy atom. The van der Waals surface area contributed by atoms with E-state index in [-0.39, 0.29) is 5.91 Å². The fraction of sp³-hybridized carbons (Fsp3) is 0.625. The van der Waals surface area contributed by atoms with E-state index >= 15 is 0 Å². The summed E-state index contributed by atoms with van der Waals surface area (Å²) in [4.78, 5) is 11.0. The number of nitrogens with one attached hydrogen (secondary N) is 1. The van der Waals surface area contributed by atoms with Gasteiger partial charge in [0.2, 0.25) is 5.91 Å². The van der Waals surface area contributed by atoms with Gasteiger partial charge in [-0.1, -0.05) is 21.9 Å². The van der Waals surface area contributed by atoms with E-state index in [2.05, 4.69) is 27.2 Å². The summed E-state index contributed by atoms with van der Waals surface area (Å²) in [6.45, 7) is 3.58. The number of hydrogen-bond acceptors (Lipinski definition) is 1. The van der Waals surface area contributed by atoms with Crippen LogP contribution in [0.3, 0.4) is 0 Å². The van der Waals surface area contributed by atoms with Gasteiger partial charge in [0.1, 0.15) is 0 Å². The van der Waals surface area contributed by atoms with E-state index < -0.39 is 5.54 Å². The van der Waals surface area contributed by atoms with E-state index in [0.29, 0.717) is 11.8 Å². The van der Waals surface area contributed by atoms with Crippen LogP contribution in [-0.2, 0) is 4.79 Å². The van der Waals surface area contributed by atoms with Crippen molar-refractivity contribution in [3.05, 3.63) is 0 Å². The standard InChI is InChI=1S/C8H12BrNO/c1-4-8(2,3)10-7(11)5-6-9/h1H,5-6H2,2-3H3,(H,10,11). The fourth-order valence-electron chi connectivity index (χ4n) is 0.533. The smallest absolute Gasteiger partial charge is 0.221 e.